The number of nitrogens with one attached hydrogen (secondary N) is 2. The van der Waals surface area contributed by atoms with Crippen molar-refractivity contribution in [1.82, 2.24) is 25.3 Å². The first kappa shape index (κ1) is 14.0. The Morgan fingerprint density at radius 2 is 1.91 bits per heavy atom. The number of urea groups is 1. The normalized spacial score (nSPS) is 12.1. The maximum absolute atomic E-state index is 12.4. The van der Waals surface area contributed by atoms with Crippen LogP contribution in [0.5, 0.6) is 0 Å². The van der Waals surface area contributed by atoms with Crippen LogP contribution < -0.4 is 5.32 Å². The van der Waals surface area contributed by atoms with E-state index in [2.05, 4.69) is 25.7 Å². The molecule has 0 aliphatic rings. The highest BCUT2D eigenvalue weighted by atomic mass is 16.2. The number of carbonyl (C=O) groups is 1. The number of amides is 2. The molecule has 112 valence electrons. The van der Waals surface area contributed by atoms with Gasteiger partial charge in [-0.3, -0.25) is 4.98 Å². The Kier molecular flexibility index (Phi) is 3.69. The lowest BCUT2D eigenvalue weighted by atomic mass is 10.1. The predicted molar refractivity (Wildman–Crippen MR) is 83.3 cm³/mol. The van der Waals surface area contributed by atoms with Crippen molar-refractivity contribution in [2.45, 2.75) is 13.0 Å². The highest BCUT2D eigenvalue weighted by Gasteiger charge is 2.17. The number of aromatic amines is 1. The molecule has 1 atom stereocenters. The van der Waals surface area contributed by atoms with Crippen molar-refractivity contribution >= 4 is 22.8 Å². The molecule has 7 heteroatoms. The summed E-state index contributed by atoms with van der Waals surface area (Å²) < 4.78 is 0. The third-order valence-electron chi connectivity index (χ3n) is 3.66. The van der Waals surface area contributed by atoms with E-state index < -0.39 is 0 Å². The van der Waals surface area contributed by atoms with Crippen molar-refractivity contribution in [1.29, 1.82) is 0 Å². The first-order valence-corrected chi connectivity index (χ1v) is 6.89. The quantitative estimate of drug-likeness (QED) is 0.777. The second-order valence-corrected chi connectivity index (χ2v) is 5.02. The molecule has 7 nitrogen and oxygen atoms in total. The standard InChI is InChI=1S/C15H16N6O/c1-10(11-5-7-16-8-6-11)21(2)15(22)17-12-3-4-13-14(9-12)19-20-18-13/h3-10H,1-2H3,(H,17,22)(H,18,19,20)/t10-/m0/s1. The number of carbonyl (C=O) groups excluding carboxylic acids is 1. The highest BCUT2D eigenvalue weighted by Crippen LogP contribution is 2.20. The van der Waals surface area contributed by atoms with Crippen molar-refractivity contribution < 1.29 is 4.79 Å². The number of pyridine rings is 1. The Hall–Kier alpha value is -2.96. The van der Waals surface area contributed by atoms with E-state index in [0.29, 0.717) is 11.2 Å². The molecule has 0 unspecified atom stereocenters. The molecule has 0 bridgehead atoms. The Bertz CT molecular complexity index is 785. The van der Waals surface area contributed by atoms with Crippen LogP contribution in [0.15, 0.2) is 42.7 Å². The average molecular weight is 296 g/mol. The van der Waals surface area contributed by atoms with E-state index >= 15 is 0 Å². The summed E-state index contributed by atoms with van der Waals surface area (Å²) in [5.41, 5.74) is 3.18. The number of benzene rings is 1. The van der Waals surface area contributed by atoms with Crippen LogP contribution in [0.4, 0.5) is 10.5 Å². The second-order valence-electron chi connectivity index (χ2n) is 5.02. The minimum atomic E-state index is -0.188. The third-order valence-corrected chi connectivity index (χ3v) is 3.66. The van der Waals surface area contributed by atoms with Gasteiger partial charge < -0.3 is 10.2 Å². The highest BCUT2D eigenvalue weighted by molar-refractivity contribution is 5.91. The predicted octanol–water partition coefficient (Wildman–Crippen LogP) is 2.58. The molecular formula is C15H16N6O. The van der Waals surface area contributed by atoms with E-state index in [1.54, 1.807) is 42.5 Å². The number of anilines is 1. The summed E-state index contributed by atoms with van der Waals surface area (Å²) >= 11 is 0. The smallest absolute Gasteiger partial charge is 0.321 e. The lowest BCUT2D eigenvalue weighted by molar-refractivity contribution is 0.208. The second kappa shape index (κ2) is 5.80. The Morgan fingerprint density at radius 1 is 1.18 bits per heavy atom. The minimum Gasteiger partial charge on any atom is -0.321 e. The number of nitrogens with zero attached hydrogens (tertiary/aromatic N) is 4. The van der Waals surface area contributed by atoms with E-state index in [0.717, 1.165) is 11.1 Å². The van der Waals surface area contributed by atoms with Gasteiger partial charge in [-0.15, -0.1) is 0 Å². The van der Waals surface area contributed by atoms with E-state index in [1.165, 1.54) is 0 Å². The van der Waals surface area contributed by atoms with Gasteiger partial charge >= 0.3 is 6.03 Å². The van der Waals surface area contributed by atoms with E-state index in [-0.39, 0.29) is 12.1 Å². The zero-order chi connectivity index (χ0) is 15.5. The molecule has 22 heavy (non-hydrogen) atoms. The van der Waals surface area contributed by atoms with E-state index in [1.807, 2.05) is 19.1 Å². The summed E-state index contributed by atoms with van der Waals surface area (Å²) in [5.74, 6) is 0. The first-order chi connectivity index (χ1) is 10.6. The SMILES string of the molecule is C[C@@H](c1ccncc1)N(C)C(=O)Nc1ccc2n[nH]nc2c1. The summed E-state index contributed by atoms with van der Waals surface area (Å²) in [7, 11) is 1.76. The molecule has 0 spiro atoms. The molecule has 2 N–H and O–H groups in total. The van der Waals surface area contributed by atoms with E-state index in [4.69, 9.17) is 0 Å². The largest absolute Gasteiger partial charge is 0.322 e. The number of hydrogen-bond donors (Lipinski definition) is 2. The van der Waals surface area contributed by atoms with Gasteiger partial charge in [0, 0.05) is 25.1 Å². The summed E-state index contributed by atoms with van der Waals surface area (Å²) in [6.45, 7) is 1.97. The van der Waals surface area contributed by atoms with Gasteiger partial charge in [-0.25, -0.2) is 4.79 Å². The molecule has 0 saturated heterocycles. The van der Waals surface area contributed by atoms with Crippen molar-refractivity contribution in [3.05, 3.63) is 48.3 Å². The van der Waals surface area contributed by atoms with Gasteiger partial charge in [0.05, 0.1) is 6.04 Å². The van der Waals surface area contributed by atoms with Crippen LogP contribution in [-0.2, 0) is 0 Å². The maximum atomic E-state index is 12.4. The molecule has 2 amide bonds. The van der Waals surface area contributed by atoms with Gasteiger partial charge in [-0.1, -0.05) is 0 Å². The molecule has 0 saturated carbocycles. The van der Waals surface area contributed by atoms with Crippen LogP contribution in [0.25, 0.3) is 11.0 Å². The van der Waals surface area contributed by atoms with Crippen LogP contribution in [0.2, 0.25) is 0 Å². The molecule has 2 aromatic heterocycles. The van der Waals surface area contributed by atoms with Crippen LogP contribution >= 0.6 is 0 Å². The summed E-state index contributed by atoms with van der Waals surface area (Å²) in [6.07, 6.45) is 3.44. The van der Waals surface area contributed by atoms with E-state index in [9.17, 15) is 4.79 Å². The summed E-state index contributed by atoms with van der Waals surface area (Å²) in [6, 6.07) is 8.94. The lowest BCUT2D eigenvalue weighted by Crippen LogP contribution is -2.33. The topological polar surface area (TPSA) is 86.8 Å². The number of rotatable bonds is 3. The Balaban J connectivity index is 1.73. The van der Waals surface area contributed by atoms with Crippen LogP contribution in [0.1, 0.15) is 18.5 Å². The summed E-state index contributed by atoms with van der Waals surface area (Å²) in [5, 5.41) is 13.4. The molecule has 3 aromatic rings. The van der Waals surface area contributed by atoms with Gasteiger partial charge in [-0.05, 0) is 42.8 Å². The first-order valence-electron chi connectivity index (χ1n) is 6.89. The van der Waals surface area contributed by atoms with Crippen molar-refractivity contribution in [2.75, 3.05) is 12.4 Å². The molecule has 0 fully saturated rings. The number of H-pyrrole nitrogens is 1. The summed E-state index contributed by atoms with van der Waals surface area (Å²) in [4.78, 5) is 18.0. The van der Waals surface area contributed by atoms with Crippen LogP contribution in [-0.4, -0.2) is 38.4 Å². The molecule has 2 heterocycles. The number of fused-ring (bicyclic) bond motifs is 1. The van der Waals surface area contributed by atoms with Gasteiger partial charge in [0.15, 0.2) is 0 Å². The van der Waals surface area contributed by atoms with Gasteiger partial charge in [0.1, 0.15) is 11.0 Å². The average Bonchev–Trinajstić information content (AvgIpc) is 3.02. The number of aromatic nitrogens is 4. The Morgan fingerprint density at radius 3 is 2.68 bits per heavy atom. The zero-order valence-corrected chi connectivity index (χ0v) is 12.3. The van der Waals surface area contributed by atoms with Gasteiger partial charge in [-0.2, -0.15) is 15.4 Å². The van der Waals surface area contributed by atoms with Crippen LogP contribution in [0, 0.1) is 0 Å². The van der Waals surface area contributed by atoms with Crippen molar-refractivity contribution in [3.63, 3.8) is 0 Å². The van der Waals surface area contributed by atoms with Crippen LogP contribution in [0.3, 0.4) is 0 Å². The molecule has 0 aliphatic heterocycles. The molecule has 0 radical (unpaired) electrons. The minimum absolute atomic E-state index is 0.0567. The fourth-order valence-electron chi connectivity index (χ4n) is 2.17. The zero-order valence-electron chi connectivity index (χ0n) is 12.3. The lowest BCUT2D eigenvalue weighted by Gasteiger charge is -2.25. The third kappa shape index (κ3) is 2.73. The maximum Gasteiger partial charge on any atom is 0.322 e. The molecular weight excluding hydrogens is 280 g/mol. The molecule has 3 rings (SSSR count). The van der Waals surface area contributed by atoms with Crippen molar-refractivity contribution in [3.8, 4) is 0 Å². The molecule has 1 aromatic carbocycles. The fraction of sp³-hybridized carbons (Fsp3) is 0.200. The Labute approximate surface area is 127 Å². The monoisotopic (exact) mass is 296 g/mol. The van der Waals surface area contributed by atoms with Crippen molar-refractivity contribution in [2.24, 2.45) is 0 Å². The van der Waals surface area contributed by atoms with Gasteiger partial charge in [0.25, 0.3) is 0 Å². The fourth-order valence-corrected chi connectivity index (χ4v) is 2.17. The molecule has 0 aliphatic carbocycles. The number of hydrogen-bond acceptors (Lipinski definition) is 4. The van der Waals surface area contributed by atoms with Gasteiger partial charge in [0.2, 0.25) is 0 Å².